The summed E-state index contributed by atoms with van der Waals surface area (Å²) in [6.07, 6.45) is 2.77. The van der Waals surface area contributed by atoms with Gasteiger partial charge in [-0.1, -0.05) is 90.0 Å². The largest absolute Gasteiger partial charge is 0.473 e. The number of rotatable bonds is 6. The molecule has 0 amide bonds. The molecule has 194 valence electrons. The van der Waals surface area contributed by atoms with Gasteiger partial charge in [0.1, 0.15) is 0 Å². The van der Waals surface area contributed by atoms with Gasteiger partial charge < -0.3 is 14.9 Å². The number of aliphatic carboxylic acids is 2. The summed E-state index contributed by atoms with van der Waals surface area (Å²) >= 11 is 0. The van der Waals surface area contributed by atoms with Gasteiger partial charge in [-0.2, -0.15) is 0 Å². The van der Waals surface area contributed by atoms with E-state index in [-0.39, 0.29) is 6.10 Å². The number of fused-ring (bicyclic) bond motifs is 3. The van der Waals surface area contributed by atoms with E-state index in [1.165, 1.54) is 53.7 Å². The Kier molecular flexibility index (Phi) is 8.74. The Morgan fingerprint density at radius 1 is 0.838 bits per heavy atom. The first kappa shape index (κ1) is 26.6. The number of nitrogens with zero attached hydrogens (tertiary/aromatic N) is 1. The lowest BCUT2D eigenvalue weighted by atomic mass is 9.72. The highest BCUT2D eigenvalue weighted by molar-refractivity contribution is 6.27. The molecule has 3 aliphatic heterocycles. The lowest BCUT2D eigenvalue weighted by Gasteiger charge is -2.53. The van der Waals surface area contributed by atoms with Gasteiger partial charge in [0.2, 0.25) is 0 Å². The molecule has 0 spiro atoms. The summed E-state index contributed by atoms with van der Waals surface area (Å²) in [4.78, 5) is 20.9. The molecule has 3 heterocycles. The van der Waals surface area contributed by atoms with Crippen molar-refractivity contribution < 1.29 is 24.5 Å². The Morgan fingerprint density at radius 2 is 1.32 bits per heavy atom. The van der Waals surface area contributed by atoms with Crippen molar-refractivity contribution in [3.63, 3.8) is 0 Å². The highest BCUT2D eigenvalue weighted by atomic mass is 16.5. The first-order valence-corrected chi connectivity index (χ1v) is 12.8. The van der Waals surface area contributed by atoms with Gasteiger partial charge in [0.15, 0.2) is 0 Å². The third-order valence-corrected chi connectivity index (χ3v) is 7.36. The monoisotopic (exact) mass is 501 g/mol. The van der Waals surface area contributed by atoms with Gasteiger partial charge in [-0.15, -0.1) is 0 Å². The quantitative estimate of drug-likeness (QED) is 0.448. The second-order valence-electron chi connectivity index (χ2n) is 10.0. The van der Waals surface area contributed by atoms with Crippen molar-refractivity contribution in [3.8, 4) is 0 Å². The molecule has 0 aromatic heterocycles. The number of hydrogen-bond donors (Lipinski definition) is 2. The van der Waals surface area contributed by atoms with Crippen LogP contribution in [0.5, 0.6) is 0 Å². The number of carbonyl (C=O) groups is 2. The predicted octanol–water partition coefficient (Wildman–Crippen LogP) is 5.27. The van der Waals surface area contributed by atoms with E-state index in [1.807, 2.05) is 0 Å². The molecule has 0 radical (unpaired) electrons. The van der Waals surface area contributed by atoms with E-state index < -0.39 is 11.9 Å². The third-order valence-electron chi connectivity index (χ3n) is 7.36. The summed E-state index contributed by atoms with van der Waals surface area (Å²) in [5, 5.41) is 14.8. The molecule has 2 N–H and O–H groups in total. The number of carboxylic acid groups (broad SMARTS) is 2. The maximum atomic E-state index is 9.10. The second kappa shape index (κ2) is 12.2. The summed E-state index contributed by atoms with van der Waals surface area (Å²) in [6, 6.07) is 29.3. The van der Waals surface area contributed by atoms with Gasteiger partial charge in [-0.3, -0.25) is 4.90 Å². The molecule has 0 unspecified atom stereocenters. The minimum atomic E-state index is -1.82. The summed E-state index contributed by atoms with van der Waals surface area (Å²) in [5.41, 5.74) is 6.71. The standard InChI is InChI=1S/C29H33NO.C2H2O4/c1-21-17-22(2)19-23(18-21)20-31-29-26-13-15-30(16-14-26)28(29)27(24-9-5-3-6-10-24)25-11-7-4-8-12-25;3-1(4)2(5)6/h3-12,17-19,26-29H,13-16,20H2,1-2H3;(H,3,4)(H,5,6)/t28-,29+;/m1./s1. The van der Waals surface area contributed by atoms with Crippen LogP contribution in [0.3, 0.4) is 0 Å². The van der Waals surface area contributed by atoms with Crippen molar-refractivity contribution in [2.45, 2.75) is 51.4 Å². The first-order valence-electron chi connectivity index (χ1n) is 12.8. The van der Waals surface area contributed by atoms with Gasteiger partial charge in [-0.25, -0.2) is 9.59 Å². The summed E-state index contributed by atoms with van der Waals surface area (Å²) in [5.74, 6) is -2.67. The first-order chi connectivity index (χ1) is 17.8. The topological polar surface area (TPSA) is 87.1 Å². The van der Waals surface area contributed by atoms with Crippen LogP contribution in [-0.4, -0.2) is 52.3 Å². The smallest absolute Gasteiger partial charge is 0.414 e. The lowest BCUT2D eigenvalue weighted by Crippen LogP contribution is -2.60. The van der Waals surface area contributed by atoms with Crippen molar-refractivity contribution in [3.05, 3.63) is 107 Å². The summed E-state index contributed by atoms with van der Waals surface area (Å²) in [7, 11) is 0. The van der Waals surface area contributed by atoms with Gasteiger partial charge in [0, 0.05) is 12.0 Å². The Balaban J connectivity index is 0.000000480. The molecule has 37 heavy (non-hydrogen) atoms. The molecule has 6 rings (SSSR count). The van der Waals surface area contributed by atoms with Crippen LogP contribution in [0.15, 0.2) is 78.9 Å². The molecular weight excluding hydrogens is 466 g/mol. The molecule has 3 saturated heterocycles. The van der Waals surface area contributed by atoms with Gasteiger partial charge >= 0.3 is 11.9 Å². The maximum absolute atomic E-state index is 9.10. The number of benzene rings is 3. The molecule has 6 heteroatoms. The molecule has 0 saturated carbocycles. The van der Waals surface area contributed by atoms with Gasteiger partial charge in [-0.05, 0) is 62.4 Å². The molecule has 3 aliphatic rings. The predicted molar refractivity (Wildman–Crippen MR) is 143 cm³/mol. The highest BCUT2D eigenvalue weighted by Crippen LogP contribution is 2.43. The van der Waals surface area contributed by atoms with E-state index in [0.717, 1.165) is 0 Å². The van der Waals surface area contributed by atoms with Crippen LogP contribution in [0.1, 0.15) is 46.6 Å². The summed E-state index contributed by atoms with van der Waals surface area (Å²) < 4.78 is 6.81. The molecule has 2 bridgehead atoms. The Morgan fingerprint density at radius 3 is 1.78 bits per heavy atom. The number of aryl methyl sites for hydroxylation is 2. The Hall–Kier alpha value is -3.48. The average Bonchev–Trinajstić information content (AvgIpc) is 2.90. The van der Waals surface area contributed by atoms with Crippen LogP contribution in [0.25, 0.3) is 0 Å². The molecule has 3 aromatic rings. The zero-order chi connectivity index (χ0) is 26.4. The second-order valence-corrected chi connectivity index (χ2v) is 10.0. The maximum Gasteiger partial charge on any atom is 0.414 e. The SMILES string of the molecule is Cc1cc(C)cc(CO[C@H]2C3CCN(CC3)[C@@H]2C(c2ccccc2)c2ccccc2)c1.O=C(O)C(=O)O. The van der Waals surface area contributed by atoms with Crippen LogP contribution in [0.4, 0.5) is 0 Å². The molecule has 3 aromatic carbocycles. The fourth-order valence-corrected chi connectivity index (χ4v) is 5.92. The minimum Gasteiger partial charge on any atom is -0.473 e. The zero-order valence-corrected chi connectivity index (χ0v) is 21.4. The minimum absolute atomic E-state index is 0.258. The number of piperidine rings is 3. The van der Waals surface area contributed by atoms with Crippen LogP contribution in [0, 0.1) is 19.8 Å². The van der Waals surface area contributed by atoms with Crippen molar-refractivity contribution in [1.29, 1.82) is 0 Å². The van der Waals surface area contributed by atoms with E-state index in [9.17, 15) is 0 Å². The molecule has 6 nitrogen and oxygen atoms in total. The van der Waals surface area contributed by atoms with E-state index in [1.54, 1.807) is 0 Å². The fourth-order valence-electron chi connectivity index (χ4n) is 5.92. The van der Waals surface area contributed by atoms with E-state index >= 15 is 0 Å². The van der Waals surface area contributed by atoms with Crippen LogP contribution in [0.2, 0.25) is 0 Å². The lowest BCUT2D eigenvalue weighted by molar-refractivity contribution is -0.159. The van der Waals surface area contributed by atoms with Crippen LogP contribution < -0.4 is 0 Å². The van der Waals surface area contributed by atoms with E-state index in [2.05, 4.69) is 97.6 Å². The Bertz CT molecular complexity index is 1120. The van der Waals surface area contributed by atoms with Crippen molar-refractivity contribution in [1.82, 2.24) is 4.90 Å². The number of ether oxygens (including phenoxy) is 1. The highest BCUT2D eigenvalue weighted by Gasteiger charge is 2.47. The number of hydrogen-bond acceptors (Lipinski definition) is 4. The average molecular weight is 502 g/mol. The normalized spacial score (nSPS) is 22.2. The zero-order valence-electron chi connectivity index (χ0n) is 21.4. The van der Waals surface area contributed by atoms with Crippen LogP contribution >= 0.6 is 0 Å². The van der Waals surface area contributed by atoms with Crippen molar-refractivity contribution in [2.24, 2.45) is 5.92 Å². The van der Waals surface area contributed by atoms with Gasteiger partial charge in [0.25, 0.3) is 0 Å². The van der Waals surface area contributed by atoms with Crippen molar-refractivity contribution in [2.75, 3.05) is 13.1 Å². The van der Waals surface area contributed by atoms with Crippen molar-refractivity contribution >= 4 is 11.9 Å². The van der Waals surface area contributed by atoms with E-state index in [0.29, 0.717) is 24.5 Å². The molecule has 2 atom stereocenters. The summed E-state index contributed by atoms with van der Waals surface area (Å²) in [6.45, 7) is 7.43. The van der Waals surface area contributed by atoms with Crippen LogP contribution in [-0.2, 0) is 20.9 Å². The van der Waals surface area contributed by atoms with Gasteiger partial charge in [0.05, 0.1) is 12.7 Å². The third kappa shape index (κ3) is 6.64. The Labute approximate surface area is 218 Å². The number of carboxylic acids is 2. The molecule has 0 aliphatic carbocycles. The van der Waals surface area contributed by atoms with E-state index in [4.69, 9.17) is 24.5 Å². The fraction of sp³-hybridized carbons (Fsp3) is 0.355. The molecule has 3 fully saturated rings. The molecular formula is C31H35NO5.